The molecule has 1 aromatic heterocycles. The maximum Gasteiger partial charge on any atom is 0.275 e. The van der Waals surface area contributed by atoms with Crippen LogP contribution in [0.1, 0.15) is 10.5 Å². The molecule has 0 aliphatic heterocycles. The van der Waals surface area contributed by atoms with Crippen molar-refractivity contribution < 1.29 is 13.6 Å². The first-order valence-corrected chi connectivity index (χ1v) is 4.63. The topological polar surface area (TPSA) is 83.8 Å². The predicted octanol–water partition coefficient (Wildman–Crippen LogP) is 1.52. The summed E-state index contributed by atoms with van der Waals surface area (Å²) in [6.07, 6.45) is 1.26. The van der Waals surface area contributed by atoms with E-state index in [2.05, 4.69) is 15.5 Å². The first-order valence-electron chi connectivity index (χ1n) is 4.63. The molecule has 5 nitrogen and oxygen atoms in total. The number of carbonyl (C=O) groups is 1. The number of amides is 1. The summed E-state index contributed by atoms with van der Waals surface area (Å²) in [6, 6.07) is 2.83. The van der Waals surface area contributed by atoms with E-state index in [-0.39, 0.29) is 17.1 Å². The summed E-state index contributed by atoms with van der Waals surface area (Å²) in [6.45, 7) is 0. The largest absolute Gasteiger partial charge is 0.396 e. The van der Waals surface area contributed by atoms with Gasteiger partial charge in [0.25, 0.3) is 5.91 Å². The third kappa shape index (κ3) is 2.22. The Hall–Kier alpha value is -2.44. The van der Waals surface area contributed by atoms with Crippen molar-refractivity contribution in [2.45, 2.75) is 0 Å². The molecule has 88 valence electrons. The number of aromatic nitrogens is 2. The number of nitrogens with zero attached hydrogens (tertiary/aromatic N) is 1. The highest BCUT2D eigenvalue weighted by molar-refractivity contribution is 6.06. The third-order valence-corrected chi connectivity index (χ3v) is 2.08. The Morgan fingerprint density at radius 3 is 2.76 bits per heavy atom. The summed E-state index contributed by atoms with van der Waals surface area (Å²) >= 11 is 0. The average Bonchev–Trinajstić information content (AvgIpc) is 2.68. The zero-order chi connectivity index (χ0) is 12.4. The van der Waals surface area contributed by atoms with Gasteiger partial charge in [-0.05, 0) is 12.1 Å². The molecule has 4 N–H and O–H groups in total. The molecule has 0 radical (unpaired) electrons. The standard InChI is InChI=1S/C10H8F2N4O/c11-5-1-2-8(6(12)3-5)15-10(17)9-7(13)4-14-16-9/h1-4H,13H2,(H,14,16)(H,15,17). The number of aromatic amines is 1. The molecule has 0 saturated heterocycles. The van der Waals surface area contributed by atoms with Crippen LogP contribution in [0.3, 0.4) is 0 Å². The lowest BCUT2D eigenvalue weighted by Crippen LogP contribution is -2.15. The van der Waals surface area contributed by atoms with E-state index in [1.807, 2.05) is 0 Å². The van der Waals surface area contributed by atoms with Crippen LogP contribution in [0.5, 0.6) is 0 Å². The summed E-state index contributed by atoms with van der Waals surface area (Å²) in [5.74, 6) is -2.23. The Morgan fingerprint density at radius 2 is 2.18 bits per heavy atom. The summed E-state index contributed by atoms with van der Waals surface area (Å²) in [7, 11) is 0. The van der Waals surface area contributed by atoms with Gasteiger partial charge in [-0.2, -0.15) is 5.10 Å². The van der Waals surface area contributed by atoms with Gasteiger partial charge in [0, 0.05) is 6.07 Å². The van der Waals surface area contributed by atoms with E-state index in [1.54, 1.807) is 0 Å². The van der Waals surface area contributed by atoms with Crippen molar-refractivity contribution in [3.8, 4) is 0 Å². The van der Waals surface area contributed by atoms with E-state index < -0.39 is 17.5 Å². The Labute approximate surface area is 94.6 Å². The highest BCUT2D eigenvalue weighted by Gasteiger charge is 2.14. The number of halogens is 2. The molecule has 0 spiro atoms. The van der Waals surface area contributed by atoms with E-state index in [9.17, 15) is 13.6 Å². The zero-order valence-corrected chi connectivity index (χ0v) is 8.50. The molecule has 7 heteroatoms. The van der Waals surface area contributed by atoms with Crippen LogP contribution in [0.25, 0.3) is 0 Å². The molecule has 0 bridgehead atoms. The van der Waals surface area contributed by atoms with Crippen LogP contribution in [-0.2, 0) is 0 Å². The van der Waals surface area contributed by atoms with Gasteiger partial charge < -0.3 is 11.1 Å². The number of H-pyrrole nitrogens is 1. The van der Waals surface area contributed by atoms with Crippen molar-refractivity contribution in [3.63, 3.8) is 0 Å². The quantitative estimate of drug-likeness (QED) is 0.741. The van der Waals surface area contributed by atoms with Crippen LogP contribution in [0.15, 0.2) is 24.4 Å². The van der Waals surface area contributed by atoms with Crippen LogP contribution in [0, 0.1) is 11.6 Å². The molecule has 17 heavy (non-hydrogen) atoms. The van der Waals surface area contributed by atoms with Crippen LogP contribution in [-0.4, -0.2) is 16.1 Å². The average molecular weight is 238 g/mol. The second-order valence-electron chi connectivity index (χ2n) is 3.28. The maximum atomic E-state index is 13.2. The Balaban J connectivity index is 2.22. The molecule has 1 aromatic carbocycles. The fraction of sp³-hybridized carbons (Fsp3) is 0. The summed E-state index contributed by atoms with van der Waals surface area (Å²) < 4.78 is 25.9. The minimum atomic E-state index is -0.864. The second-order valence-corrected chi connectivity index (χ2v) is 3.28. The molecule has 2 rings (SSSR count). The molecule has 0 atom stereocenters. The molecule has 0 fully saturated rings. The normalized spacial score (nSPS) is 10.2. The number of hydrogen-bond acceptors (Lipinski definition) is 3. The van der Waals surface area contributed by atoms with Gasteiger partial charge in [-0.1, -0.05) is 0 Å². The van der Waals surface area contributed by atoms with Gasteiger partial charge in [0.15, 0.2) is 0 Å². The van der Waals surface area contributed by atoms with Crippen molar-refractivity contribution >= 4 is 17.3 Å². The molecule has 0 unspecified atom stereocenters. The van der Waals surface area contributed by atoms with Crippen molar-refractivity contribution in [2.75, 3.05) is 11.1 Å². The number of anilines is 2. The number of benzene rings is 1. The molecule has 0 aliphatic carbocycles. The molecule has 0 saturated carbocycles. The molecular formula is C10H8F2N4O. The van der Waals surface area contributed by atoms with E-state index >= 15 is 0 Å². The monoisotopic (exact) mass is 238 g/mol. The van der Waals surface area contributed by atoms with Crippen molar-refractivity contribution in [3.05, 3.63) is 41.7 Å². The van der Waals surface area contributed by atoms with E-state index in [4.69, 9.17) is 5.73 Å². The van der Waals surface area contributed by atoms with Crippen LogP contribution < -0.4 is 11.1 Å². The Kier molecular flexibility index (Phi) is 2.73. The second kappa shape index (κ2) is 4.20. The fourth-order valence-corrected chi connectivity index (χ4v) is 1.25. The lowest BCUT2D eigenvalue weighted by molar-refractivity contribution is 0.102. The minimum Gasteiger partial charge on any atom is -0.396 e. The summed E-state index contributed by atoms with van der Waals surface area (Å²) in [5, 5.41) is 8.18. The molecular weight excluding hydrogens is 230 g/mol. The summed E-state index contributed by atoms with van der Waals surface area (Å²) in [4.78, 5) is 11.6. The minimum absolute atomic E-state index is 0.0220. The van der Waals surface area contributed by atoms with Crippen LogP contribution >= 0.6 is 0 Å². The van der Waals surface area contributed by atoms with Gasteiger partial charge in [0.1, 0.15) is 17.3 Å². The van der Waals surface area contributed by atoms with Crippen LogP contribution in [0.2, 0.25) is 0 Å². The first kappa shape index (κ1) is 11.1. The molecule has 2 aromatic rings. The van der Waals surface area contributed by atoms with Crippen molar-refractivity contribution in [2.24, 2.45) is 0 Å². The molecule has 1 heterocycles. The molecule has 1 amide bonds. The number of hydrogen-bond donors (Lipinski definition) is 3. The first-order chi connectivity index (χ1) is 8.08. The Morgan fingerprint density at radius 1 is 1.41 bits per heavy atom. The van der Waals surface area contributed by atoms with Gasteiger partial charge in [-0.25, -0.2) is 8.78 Å². The smallest absolute Gasteiger partial charge is 0.275 e. The lowest BCUT2D eigenvalue weighted by Gasteiger charge is -2.05. The number of nitrogen functional groups attached to an aromatic ring is 1. The lowest BCUT2D eigenvalue weighted by atomic mass is 10.2. The van der Waals surface area contributed by atoms with Gasteiger partial charge in [0.2, 0.25) is 0 Å². The fourth-order valence-electron chi connectivity index (χ4n) is 1.25. The number of nitrogens with one attached hydrogen (secondary N) is 2. The van der Waals surface area contributed by atoms with Gasteiger partial charge in [-0.3, -0.25) is 9.89 Å². The number of carbonyl (C=O) groups excluding carboxylic acids is 1. The van der Waals surface area contributed by atoms with Crippen LogP contribution in [0.4, 0.5) is 20.2 Å². The van der Waals surface area contributed by atoms with E-state index in [0.29, 0.717) is 6.07 Å². The van der Waals surface area contributed by atoms with E-state index in [1.165, 1.54) is 6.20 Å². The maximum absolute atomic E-state index is 13.2. The van der Waals surface area contributed by atoms with Gasteiger partial charge in [0.05, 0.1) is 17.6 Å². The molecule has 0 aliphatic rings. The highest BCUT2D eigenvalue weighted by atomic mass is 19.1. The van der Waals surface area contributed by atoms with Crippen molar-refractivity contribution in [1.82, 2.24) is 10.2 Å². The zero-order valence-electron chi connectivity index (χ0n) is 8.50. The number of rotatable bonds is 2. The van der Waals surface area contributed by atoms with Gasteiger partial charge >= 0.3 is 0 Å². The third-order valence-electron chi connectivity index (χ3n) is 2.08. The Bertz CT molecular complexity index is 567. The highest BCUT2D eigenvalue weighted by Crippen LogP contribution is 2.16. The van der Waals surface area contributed by atoms with Crippen molar-refractivity contribution in [1.29, 1.82) is 0 Å². The van der Waals surface area contributed by atoms with E-state index in [0.717, 1.165) is 12.1 Å². The SMILES string of the molecule is Nc1cn[nH]c1C(=O)Nc1ccc(F)cc1F. The van der Waals surface area contributed by atoms with Gasteiger partial charge in [-0.15, -0.1) is 0 Å². The predicted molar refractivity (Wildman–Crippen MR) is 57.3 cm³/mol. The summed E-state index contributed by atoms with van der Waals surface area (Å²) in [5.41, 5.74) is 5.48. The number of nitrogens with two attached hydrogens (primary N) is 1.